The number of halogens is 1. The van der Waals surface area contributed by atoms with Crippen LogP contribution in [0.5, 0.6) is 0 Å². The van der Waals surface area contributed by atoms with Crippen molar-refractivity contribution < 1.29 is 14.1 Å². The van der Waals surface area contributed by atoms with Gasteiger partial charge in [0.25, 0.3) is 5.91 Å². The Labute approximate surface area is 211 Å². The van der Waals surface area contributed by atoms with E-state index >= 15 is 0 Å². The highest BCUT2D eigenvalue weighted by atomic mass is 35.5. The van der Waals surface area contributed by atoms with Gasteiger partial charge in [-0.1, -0.05) is 53.6 Å². The van der Waals surface area contributed by atoms with Crippen LogP contribution in [0, 0.1) is 17.0 Å². The number of thiazole rings is 1. The largest absolute Gasteiger partial charge is 0.433 e. The number of hydrogen-bond acceptors (Lipinski definition) is 6. The molecule has 0 bridgehead atoms. The highest BCUT2D eigenvalue weighted by Gasteiger charge is 2.30. The molecule has 1 fully saturated rings. The number of likely N-dealkylation sites (tertiary alicyclic amines) is 1. The Kier molecular flexibility index (Phi) is 6.40. The molecule has 9 heteroatoms. The molecule has 1 amide bonds. The van der Waals surface area contributed by atoms with E-state index in [1.807, 2.05) is 24.3 Å². The number of aromatic nitrogens is 1. The van der Waals surface area contributed by atoms with Crippen LogP contribution in [0.25, 0.3) is 21.7 Å². The molecule has 0 spiro atoms. The number of amides is 1. The quantitative estimate of drug-likeness (QED) is 0.215. The summed E-state index contributed by atoms with van der Waals surface area (Å²) >= 11 is 7.81. The van der Waals surface area contributed by atoms with Crippen LogP contribution in [0.1, 0.15) is 39.9 Å². The lowest BCUT2D eigenvalue weighted by molar-refractivity contribution is -0.402. The first-order valence-electron chi connectivity index (χ1n) is 11.3. The molecule has 35 heavy (non-hydrogen) atoms. The Morgan fingerprint density at radius 3 is 2.34 bits per heavy atom. The maximum atomic E-state index is 12.7. The lowest BCUT2D eigenvalue weighted by Gasteiger charge is -2.30. The topological polar surface area (TPSA) is 89.5 Å². The molecule has 1 aliphatic rings. The third-order valence-electron chi connectivity index (χ3n) is 6.19. The van der Waals surface area contributed by atoms with Gasteiger partial charge >= 0.3 is 5.88 Å². The summed E-state index contributed by atoms with van der Waals surface area (Å²) in [6, 6.07) is 18.7. The molecular formula is C26H22ClN3O4S. The Morgan fingerprint density at radius 1 is 1.06 bits per heavy atom. The first-order valence-corrected chi connectivity index (χ1v) is 12.5. The number of aryl methyl sites for hydroxylation is 1. The number of carbonyl (C=O) groups excluding carboxylic acids is 1. The van der Waals surface area contributed by atoms with Crippen molar-refractivity contribution >= 4 is 34.7 Å². The van der Waals surface area contributed by atoms with E-state index in [0.29, 0.717) is 18.1 Å². The fraction of sp³-hybridized carbons (Fsp3) is 0.231. The molecule has 3 heterocycles. The van der Waals surface area contributed by atoms with E-state index in [1.54, 1.807) is 16.2 Å². The van der Waals surface area contributed by atoms with Gasteiger partial charge in [-0.2, -0.15) is 0 Å². The number of hydrogen-bond donors (Lipinski definition) is 0. The van der Waals surface area contributed by atoms with Gasteiger partial charge in [-0.3, -0.25) is 14.9 Å². The summed E-state index contributed by atoms with van der Waals surface area (Å²) < 4.78 is 5.10. The van der Waals surface area contributed by atoms with Crippen molar-refractivity contribution in [3.8, 4) is 21.7 Å². The Bertz CT molecular complexity index is 1310. The molecule has 1 aliphatic heterocycles. The van der Waals surface area contributed by atoms with Crippen molar-refractivity contribution in [2.75, 3.05) is 13.1 Å². The second-order valence-electron chi connectivity index (χ2n) is 8.56. The van der Waals surface area contributed by atoms with Gasteiger partial charge in [-0.25, -0.2) is 4.98 Å². The van der Waals surface area contributed by atoms with Gasteiger partial charge in [-0.05, 0) is 43.5 Å². The lowest BCUT2D eigenvalue weighted by atomic mass is 9.97. The molecule has 0 aliphatic carbocycles. The van der Waals surface area contributed by atoms with E-state index in [-0.39, 0.29) is 17.6 Å². The predicted octanol–water partition coefficient (Wildman–Crippen LogP) is 6.96. The van der Waals surface area contributed by atoms with Crippen LogP contribution in [0.15, 0.2) is 65.1 Å². The zero-order valence-electron chi connectivity index (χ0n) is 18.9. The van der Waals surface area contributed by atoms with Crippen molar-refractivity contribution in [2.24, 2.45) is 0 Å². The van der Waals surface area contributed by atoms with Crippen LogP contribution in [0.3, 0.4) is 0 Å². The van der Waals surface area contributed by atoms with Gasteiger partial charge < -0.3 is 9.32 Å². The summed E-state index contributed by atoms with van der Waals surface area (Å²) in [6.45, 7) is 3.14. The molecule has 4 aromatic rings. The van der Waals surface area contributed by atoms with Crippen molar-refractivity contribution in [1.29, 1.82) is 0 Å². The second-order valence-corrected chi connectivity index (χ2v) is 10.0. The van der Waals surface area contributed by atoms with E-state index < -0.39 is 10.8 Å². The van der Waals surface area contributed by atoms with Gasteiger partial charge in [-0.15, -0.1) is 11.3 Å². The number of carbonyl (C=O) groups is 1. The molecule has 178 valence electrons. The zero-order chi connectivity index (χ0) is 24.5. The van der Waals surface area contributed by atoms with E-state index in [1.165, 1.54) is 17.7 Å². The van der Waals surface area contributed by atoms with Crippen LogP contribution in [0.2, 0.25) is 5.02 Å². The number of nitro groups is 1. The summed E-state index contributed by atoms with van der Waals surface area (Å²) in [7, 11) is 0. The highest BCUT2D eigenvalue weighted by Crippen LogP contribution is 2.42. The molecule has 7 nitrogen and oxygen atoms in total. The third-order valence-corrected chi connectivity index (χ3v) is 7.71. The van der Waals surface area contributed by atoms with Gasteiger partial charge in [0.2, 0.25) is 0 Å². The average molecular weight is 508 g/mol. The second kappa shape index (κ2) is 9.64. The molecule has 0 N–H and O–H groups in total. The predicted molar refractivity (Wildman–Crippen MR) is 136 cm³/mol. The van der Waals surface area contributed by atoms with Crippen molar-refractivity contribution in [2.45, 2.75) is 25.7 Å². The molecule has 0 saturated carbocycles. The minimum atomic E-state index is -0.643. The standard InChI is InChI=1S/C26H22ClN3O4S/c1-16-2-4-18(5-3-16)24-23(17-6-8-20(27)9-7-17)28-25(35-24)19-12-14-29(15-13-19)26(31)21-10-11-22(34-21)30(32)33/h2-11,19H,12-15H2,1H3. The number of furan rings is 1. The fourth-order valence-corrected chi connectivity index (χ4v) is 5.63. The number of nitrogens with zero attached hydrogens (tertiary/aromatic N) is 3. The summed E-state index contributed by atoms with van der Waals surface area (Å²) in [5.74, 6) is -0.529. The maximum absolute atomic E-state index is 12.7. The summed E-state index contributed by atoms with van der Waals surface area (Å²) in [5.41, 5.74) is 4.27. The van der Waals surface area contributed by atoms with Crippen LogP contribution in [0.4, 0.5) is 5.88 Å². The monoisotopic (exact) mass is 507 g/mol. The number of rotatable bonds is 5. The van der Waals surface area contributed by atoms with Crippen molar-refractivity contribution in [1.82, 2.24) is 9.88 Å². The van der Waals surface area contributed by atoms with Gasteiger partial charge in [0.05, 0.1) is 21.6 Å². The van der Waals surface area contributed by atoms with Crippen LogP contribution >= 0.6 is 22.9 Å². The lowest BCUT2D eigenvalue weighted by Crippen LogP contribution is -2.37. The van der Waals surface area contributed by atoms with Crippen LogP contribution < -0.4 is 0 Å². The third kappa shape index (κ3) is 4.85. The first kappa shape index (κ1) is 23.3. The Morgan fingerprint density at radius 2 is 1.71 bits per heavy atom. The van der Waals surface area contributed by atoms with Gasteiger partial charge in [0.1, 0.15) is 4.92 Å². The van der Waals surface area contributed by atoms with Crippen LogP contribution in [-0.4, -0.2) is 33.8 Å². The normalized spacial score (nSPS) is 14.3. The maximum Gasteiger partial charge on any atom is 0.433 e. The Balaban J connectivity index is 1.38. The van der Waals surface area contributed by atoms with Gasteiger partial charge in [0.15, 0.2) is 5.76 Å². The summed E-state index contributed by atoms with van der Waals surface area (Å²) in [5, 5.41) is 12.6. The van der Waals surface area contributed by atoms with Crippen molar-refractivity contribution in [3.63, 3.8) is 0 Å². The van der Waals surface area contributed by atoms with E-state index in [0.717, 1.165) is 39.5 Å². The molecular weight excluding hydrogens is 486 g/mol. The fourth-order valence-electron chi connectivity index (χ4n) is 4.24. The van der Waals surface area contributed by atoms with Crippen molar-refractivity contribution in [3.05, 3.63) is 92.1 Å². The zero-order valence-corrected chi connectivity index (χ0v) is 20.5. The molecule has 0 atom stereocenters. The van der Waals surface area contributed by atoms with E-state index in [4.69, 9.17) is 21.0 Å². The number of benzene rings is 2. The molecule has 2 aromatic carbocycles. The minimum absolute atomic E-state index is 0.00363. The summed E-state index contributed by atoms with van der Waals surface area (Å²) in [4.78, 5) is 30.8. The SMILES string of the molecule is Cc1ccc(-c2sc(C3CCN(C(=O)c4ccc([N+](=O)[O-])o4)CC3)nc2-c2ccc(Cl)cc2)cc1. The molecule has 5 rings (SSSR count). The van der Waals surface area contributed by atoms with Gasteiger partial charge in [0, 0.05) is 29.6 Å². The van der Waals surface area contributed by atoms with E-state index in [9.17, 15) is 14.9 Å². The molecule has 1 saturated heterocycles. The van der Waals surface area contributed by atoms with E-state index in [2.05, 4.69) is 31.2 Å². The highest BCUT2D eigenvalue weighted by molar-refractivity contribution is 7.15. The number of piperidine rings is 1. The Hall–Kier alpha value is -3.49. The summed E-state index contributed by atoms with van der Waals surface area (Å²) in [6.07, 6.45) is 1.52. The molecule has 0 unspecified atom stereocenters. The smallest absolute Gasteiger partial charge is 0.395 e. The molecule has 0 radical (unpaired) electrons. The average Bonchev–Trinajstić information content (AvgIpc) is 3.53. The molecule has 2 aromatic heterocycles. The first-order chi connectivity index (χ1) is 16.9. The van der Waals surface area contributed by atoms with Crippen LogP contribution in [-0.2, 0) is 0 Å². The minimum Gasteiger partial charge on any atom is -0.395 e.